The summed E-state index contributed by atoms with van der Waals surface area (Å²) < 4.78 is 10.1. The molecule has 0 aromatic carbocycles. The van der Waals surface area contributed by atoms with Gasteiger partial charge in [-0.05, 0) is 58.4 Å². The highest BCUT2D eigenvalue weighted by Gasteiger charge is 2.33. The van der Waals surface area contributed by atoms with Gasteiger partial charge in [0.15, 0.2) is 17.7 Å². The van der Waals surface area contributed by atoms with Crippen molar-refractivity contribution >= 4 is 23.3 Å². The van der Waals surface area contributed by atoms with Gasteiger partial charge in [0.25, 0.3) is 5.91 Å². The van der Waals surface area contributed by atoms with Crippen molar-refractivity contribution in [2.45, 2.75) is 101 Å². The topological polar surface area (TPSA) is 109 Å². The number of carbonyl (C=O) groups is 4. The Labute approximate surface area is 279 Å². The molecule has 1 unspecified atom stereocenters. The zero-order valence-electron chi connectivity index (χ0n) is 30.9. The van der Waals surface area contributed by atoms with Crippen LogP contribution in [-0.2, 0) is 28.7 Å². The minimum atomic E-state index is -0.366. The van der Waals surface area contributed by atoms with Crippen LogP contribution in [0.3, 0.4) is 0 Å². The molecule has 46 heavy (non-hydrogen) atoms. The SMILES string of the molecule is C#CC(=O)C(C)(C)C.CC(C)(C)C(=O)/C=C/CN1CCC1.CC(C)(C)C(=O)/C=C/CN1CCOCC1.CC(C)(C)NC(=O)C1CO1. The van der Waals surface area contributed by atoms with Crippen LogP contribution in [-0.4, -0.2) is 104 Å². The van der Waals surface area contributed by atoms with Gasteiger partial charge < -0.3 is 14.8 Å². The maximum atomic E-state index is 11.6. The Hall–Kier alpha value is -2.64. The van der Waals surface area contributed by atoms with Crippen molar-refractivity contribution in [1.82, 2.24) is 15.1 Å². The molecule has 0 saturated carbocycles. The van der Waals surface area contributed by atoms with Crippen molar-refractivity contribution in [3.8, 4) is 12.3 Å². The number of rotatable bonds is 7. The molecule has 0 aliphatic carbocycles. The highest BCUT2D eigenvalue weighted by atomic mass is 16.6. The van der Waals surface area contributed by atoms with Crippen LogP contribution in [0.4, 0.5) is 0 Å². The smallest absolute Gasteiger partial charge is 0.251 e. The second-order valence-corrected chi connectivity index (χ2v) is 15.9. The van der Waals surface area contributed by atoms with E-state index in [2.05, 4.69) is 21.0 Å². The van der Waals surface area contributed by atoms with Gasteiger partial charge in [-0.25, -0.2) is 0 Å². The molecule has 3 aliphatic rings. The van der Waals surface area contributed by atoms with Crippen molar-refractivity contribution in [3.63, 3.8) is 0 Å². The van der Waals surface area contributed by atoms with Gasteiger partial charge in [0.05, 0.1) is 19.8 Å². The van der Waals surface area contributed by atoms with Crippen LogP contribution >= 0.6 is 0 Å². The first-order valence-electron chi connectivity index (χ1n) is 16.4. The number of carbonyl (C=O) groups excluding carboxylic acids is 4. The average Bonchev–Trinajstić information content (AvgIpc) is 3.74. The lowest BCUT2D eigenvalue weighted by atomic mass is 9.90. The molecule has 0 aromatic heterocycles. The fourth-order valence-corrected chi connectivity index (χ4v) is 3.33. The molecule has 3 saturated heterocycles. The molecular weight excluding hydrogens is 582 g/mol. The summed E-state index contributed by atoms with van der Waals surface area (Å²) in [7, 11) is 0. The molecule has 3 fully saturated rings. The molecule has 262 valence electrons. The summed E-state index contributed by atoms with van der Waals surface area (Å²) in [6.07, 6.45) is 13.4. The Morgan fingerprint density at radius 3 is 1.41 bits per heavy atom. The Bertz CT molecular complexity index is 1060. The minimum absolute atomic E-state index is 0.00694. The van der Waals surface area contributed by atoms with Crippen molar-refractivity contribution in [2.75, 3.05) is 59.1 Å². The van der Waals surface area contributed by atoms with Gasteiger partial charge >= 0.3 is 0 Å². The lowest BCUT2D eigenvalue weighted by Gasteiger charge is -2.29. The Morgan fingerprint density at radius 1 is 0.739 bits per heavy atom. The monoisotopic (exact) mass is 645 g/mol. The van der Waals surface area contributed by atoms with Gasteiger partial charge in [0.2, 0.25) is 5.78 Å². The lowest BCUT2D eigenvalue weighted by Crippen LogP contribution is -2.42. The first-order valence-corrected chi connectivity index (χ1v) is 16.4. The van der Waals surface area contributed by atoms with E-state index in [1.807, 2.05) is 74.5 Å². The summed E-state index contributed by atoms with van der Waals surface area (Å²) in [5.41, 5.74) is -0.995. The molecule has 9 nitrogen and oxygen atoms in total. The first kappa shape index (κ1) is 43.4. The number of amides is 1. The van der Waals surface area contributed by atoms with E-state index < -0.39 is 0 Å². The molecule has 0 spiro atoms. The van der Waals surface area contributed by atoms with E-state index in [-0.39, 0.29) is 51.1 Å². The van der Waals surface area contributed by atoms with E-state index >= 15 is 0 Å². The predicted molar refractivity (Wildman–Crippen MR) is 186 cm³/mol. The summed E-state index contributed by atoms with van der Waals surface area (Å²) in [6, 6.07) is 0. The number of hydrogen-bond donors (Lipinski definition) is 1. The van der Waals surface area contributed by atoms with Crippen molar-refractivity contribution in [2.24, 2.45) is 16.2 Å². The van der Waals surface area contributed by atoms with Crippen LogP contribution in [0.25, 0.3) is 0 Å². The second-order valence-electron chi connectivity index (χ2n) is 15.9. The van der Waals surface area contributed by atoms with Crippen LogP contribution in [0.5, 0.6) is 0 Å². The van der Waals surface area contributed by atoms with Gasteiger partial charge in [0, 0.05) is 48.0 Å². The van der Waals surface area contributed by atoms with Gasteiger partial charge in [-0.15, -0.1) is 6.42 Å². The number of epoxide rings is 1. The van der Waals surface area contributed by atoms with E-state index in [9.17, 15) is 19.2 Å². The normalized spacial score (nSPS) is 18.8. The van der Waals surface area contributed by atoms with Gasteiger partial charge in [-0.2, -0.15) is 0 Å². The third-order valence-corrected chi connectivity index (χ3v) is 6.73. The summed E-state index contributed by atoms with van der Waals surface area (Å²) in [5.74, 6) is 2.34. The molecule has 3 heterocycles. The fraction of sp³-hybridized carbons (Fsp3) is 0.730. The van der Waals surface area contributed by atoms with Crippen LogP contribution in [0, 0.1) is 28.6 Å². The van der Waals surface area contributed by atoms with Crippen LogP contribution in [0.1, 0.15) is 89.5 Å². The molecule has 0 radical (unpaired) electrons. The number of Topliss-reactive ketones (excluding diaryl/α,β-unsaturated/α-hetero) is 1. The number of ether oxygens (including phenoxy) is 2. The van der Waals surface area contributed by atoms with E-state index in [0.717, 1.165) is 39.4 Å². The molecule has 3 rings (SSSR count). The van der Waals surface area contributed by atoms with E-state index in [1.165, 1.54) is 19.5 Å². The first-order chi connectivity index (χ1) is 21.0. The van der Waals surface area contributed by atoms with Gasteiger partial charge in [-0.1, -0.05) is 74.5 Å². The predicted octanol–water partition coefficient (Wildman–Crippen LogP) is 4.89. The van der Waals surface area contributed by atoms with Crippen molar-refractivity contribution in [1.29, 1.82) is 0 Å². The average molecular weight is 646 g/mol. The molecule has 0 bridgehead atoms. The van der Waals surface area contributed by atoms with Crippen LogP contribution in [0.15, 0.2) is 24.3 Å². The zero-order chi connectivity index (χ0) is 35.8. The molecule has 1 amide bonds. The van der Waals surface area contributed by atoms with Gasteiger partial charge in [0.1, 0.15) is 0 Å². The minimum Gasteiger partial charge on any atom is -0.379 e. The van der Waals surface area contributed by atoms with E-state index in [0.29, 0.717) is 6.61 Å². The van der Waals surface area contributed by atoms with Crippen molar-refractivity contribution < 1.29 is 28.7 Å². The Morgan fingerprint density at radius 2 is 1.15 bits per heavy atom. The second kappa shape index (κ2) is 19.9. The number of hydrogen-bond acceptors (Lipinski definition) is 8. The molecule has 1 N–H and O–H groups in total. The standard InChI is InChI=1S/C12H21NO2.C11H19NO.C7H13NO2.C7H10O/c1-12(2,3)11(14)5-4-6-13-7-9-15-10-8-13;1-11(2,3)10(13)6-4-7-12-8-5-9-12;1-7(2,3)8-6(9)5-4-10-5;1-5-6(8)7(2,3)4/h4-5H,6-10H2,1-3H3;4,6H,5,7-9H2,1-3H3;5H,4H2,1-3H3,(H,8,9);1H,2-4H3/b5-4+;6-4+;;. The lowest BCUT2D eigenvalue weighted by molar-refractivity contribution is -0.124. The molecule has 9 heteroatoms. The summed E-state index contributed by atoms with van der Waals surface area (Å²) in [6.45, 7) is 31.2. The Kier molecular flexibility index (Phi) is 18.7. The zero-order valence-corrected chi connectivity index (χ0v) is 30.9. The summed E-state index contributed by atoms with van der Waals surface area (Å²) in [4.78, 5) is 49.2. The number of nitrogens with zero attached hydrogens (tertiary/aromatic N) is 2. The number of terminal acetylenes is 1. The molecule has 3 aliphatic heterocycles. The van der Waals surface area contributed by atoms with Crippen LogP contribution in [0.2, 0.25) is 0 Å². The number of allylic oxidation sites excluding steroid dienone is 2. The maximum absolute atomic E-state index is 11.6. The van der Waals surface area contributed by atoms with Gasteiger partial charge in [-0.3, -0.25) is 29.0 Å². The van der Waals surface area contributed by atoms with Crippen molar-refractivity contribution in [3.05, 3.63) is 24.3 Å². The number of morpholine rings is 1. The highest BCUT2D eigenvalue weighted by molar-refractivity contribution is 5.98. The van der Waals surface area contributed by atoms with E-state index in [4.69, 9.17) is 15.9 Å². The fourth-order valence-electron chi connectivity index (χ4n) is 3.33. The largest absolute Gasteiger partial charge is 0.379 e. The number of ketones is 3. The molecular formula is C37H63N3O6. The van der Waals surface area contributed by atoms with E-state index in [1.54, 1.807) is 32.9 Å². The molecule has 1 atom stereocenters. The third kappa shape index (κ3) is 22.0. The number of likely N-dealkylation sites (tertiary alicyclic amines) is 1. The third-order valence-electron chi connectivity index (χ3n) is 6.73. The molecule has 0 aromatic rings. The highest BCUT2D eigenvalue weighted by Crippen LogP contribution is 2.16. The summed E-state index contributed by atoms with van der Waals surface area (Å²) in [5, 5.41) is 2.82. The maximum Gasteiger partial charge on any atom is 0.251 e. The number of nitrogens with one attached hydrogen (secondary N) is 1. The summed E-state index contributed by atoms with van der Waals surface area (Å²) >= 11 is 0. The Balaban J connectivity index is 0.000000603. The van der Waals surface area contributed by atoms with Crippen LogP contribution < -0.4 is 5.32 Å². The quantitative estimate of drug-likeness (QED) is 0.181.